The number of ether oxygens (including phenoxy) is 3. The van der Waals surface area contributed by atoms with Crippen molar-refractivity contribution in [2.24, 2.45) is 0 Å². The third-order valence-corrected chi connectivity index (χ3v) is 7.33. The maximum absolute atomic E-state index is 13.7. The summed E-state index contributed by atoms with van der Waals surface area (Å²) >= 11 is 12.4. The summed E-state index contributed by atoms with van der Waals surface area (Å²) in [6.45, 7) is 3.50. The van der Waals surface area contributed by atoms with Gasteiger partial charge in [-0.05, 0) is 44.5 Å². The van der Waals surface area contributed by atoms with Crippen molar-refractivity contribution in [3.63, 3.8) is 0 Å². The molecule has 2 aromatic rings. The molecule has 2 aliphatic heterocycles. The van der Waals surface area contributed by atoms with E-state index in [-0.39, 0.29) is 24.1 Å². The Morgan fingerprint density at radius 2 is 1.55 bits per heavy atom. The van der Waals surface area contributed by atoms with Gasteiger partial charge in [-0.3, -0.25) is 0 Å². The van der Waals surface area contributed by atoms with Crippen LogP contribution in [0.1, 0.15) is 20.3 Å². The maximum atomic E-state index is 13.7. The number of para-hydroxylation sites is 2. The highest BCUT2D eigenvalue weighted by Gasteiger charge is 2.54. The van der Waals surface area contributed by atoms with E-state index >= 15 is 0 Å². The Labute approximate surface area is 190 Å². The zero-order valence-electron chi connectivity index (χ0n) is 16.9. The van der Waals surface area contributed by atoms with Crippen molar-refractivity contribution < 1.29 is 32.9 Å². The van der Waals surface area contributed by atoms with Crippen LogP contribution < -0.4 is 9.05 Å². The molecule has 31 heavy (non-hydrogen) atoms. The Kier molecular flexibility index (Phi) is 6.57. The normalized spacial score (nSPS) is 27.1. The van der Waals surface area contributed by atoms with Crippen LogP contribution in [-0.2, 0) is 18.8 Å². The fourth-order valence-electron chi connectivity index (χ4n) is 3.53. The van der Waals surface area contributed by atoms with Gasteiger partial charge in [0.15, 0.2) is 12.1 Å². The molecule has 2 aliphatic rings. The van der Waals surface area contributed by atoms with Gasteiger partial charge < -0.3 is 28.4 Å². The molecule has 168 valence electrons. The second kappa shape index (κ2) is 8.91. The summed E-state index contributed by atoms with van der Waals surface area (Å²) in [7, 11) is -3.79. The minimum Gasteiger partial charge on any atom is -0.414 e. The molecule has 4 atom stereocenters. The zero-order valence-corrected chi connectivity index (χ0v) is 19.3. The number of aliphatic hydroxyl groups excluding tert-OH is 1. The lowest BCUT2D eigenvalue weighted by Gasteiger charge is -2.25. The lowest BCUT2D eigenvalue weighted by molar-refractivity contribution is -0.214. The van der Waals surface area contributed by atoms with E-state index in [0.717, 1.165) is 0 Å². The summed E-state index contributed by atoms with van der Waals surface area (Å²) in [5.74, 6) is -0.396. The first-order valence-electron chi connectivity index (χ1n) is 9.82. The van der Waals surface area contributed by atoms with Crippen LogP contribution in [-0.4, -0.2) is 41.7 Å². The molecule has 2 aromatic carbocycles. The molecule has 7 nitrogen and oxygen atoms in total. The molecule has 0 aliphatic carbocycles. The van der Waals surface area contributed by atoms with E-state index in [1.165, 1.54) is 0 Å². The smallest absolute Gasteiger partial charge is 0.414 e. The molecule has 0 radical (unpaired) electrons. The van der Waals surface area contributed by atoms with Crippen molar-refractivity contribution in [3.8, 4) is 11.5 Å². The summed E-state index contributed by atoms with van der Waals surface area (Å²) in [6.07, 6.45) is -2.80. The number of benzene rings is 2. The van der Waals surface area contributed by atoms with Gasteiger partial charge in [0.2, 0.25) is 0 Å². The van der Waals surface area contributed by atoms with Crippen LogP contribution in [0.25, 0.3) is 0 Å². The molecule has 2 saturated heterocycles. The number of halogens is 2. The summed E-state index contributed by atoms with van der Waals surface area (Å²) in [6, 6.07) is 13.3. The Morgan fingerprint density at radius 1 is 1.00 bits per heavy atom. The van der Waals surface area contributed by atoms with Crippen molar-refractivity contribution in [2.45, 2.75) is 50.7 Å². The second-order valence-electron chi connectivity index (χ2n) is 7.80. The third-order valence-electron chi connectivity index (χ3n) is 4.95. The zero-order chi connectivity index (χ0) is 22.2. The number of fused-ring (bicyclic) bond motifs is 1. The first kappa shape index (κ1) is 22.9. The van der Waals surface area contributed by atoms with Crippen LogP contribution in [0, 0.1) is 0 Å². The molecule has 10 heteroatoms. The second-order valence-corrected chi connectivity index (χ2v) is 10.6. The van der Waals surface area contributed by atoms with E-state index in [2.05, 4.69) is 0 Å². The van der Waals surface area contributed by atoms with Crippen molar-refractivity contribution >= 4 is 30.8 Å². The van der Waals surface area contributed by atoms with Gasteiger partial charge in [-0.15, -0.1) is 0 Å². The monoisotopic (exact) mass is 488 g/mol. The molecule has 0 unspecified atom stereocenters. The van der Waals surface area contributed by atoms with Crippen LogP contribution >= 0.6 is 30.8 Å². The molecule has 0 bridgehead atoms. The van der Waals surface area contributed by atoms with Crippen LogP contribution in [0.15, 0.2) is 48.5 Å². The van der Waals surface area contributed by atoms with Crippen LogP contribution in [0.3, 0.4) is 0 Å². The van der Waals surface area contributed by atoms with E-state index < -0.39 is 38.0 Å². The van der Waals surface area contributed by atoms with Crippen LogP contribution in [0.4, 0.5) is 0 Å². The third kappa shape index (κ3) is 5.20. The Bertz CT molecular complexity index is 934. The van der Waals surface area contributed by atoms with Gasteiger partial charge in [0.1, 0.15) is 23.7 Å². The molecule has 0 amide bonds. The van der Waals surface area contributed by atoms with E-state index in [9.17, 15) is 9.67 Å². The van der Waals surface area contributed by atoms with Crippen LogP contribution in [0.5, 0.6) is 11.5 Å². The lowest BCUT2D eigenvalue weighted by atomic mass is 10.1. The number of rotatable bonds is 7. The predicted molar refractivity (Wildman–Crippen MR) is 116 cm³/mol. The molecular formula is C21H23Cl2O7P. The molecule has 2 heterocycles. The van der Waals surface area contributed by atoms with E-state index in [0.29, 0.717) is 10.0 Å². The molecule has 0 spiro atoms. The van der Waals surface area contributed by atoms with Gasteiger partial charge in [-0.2, -0.15) is 0 Å². The van der Waals surface area contributed by atoms with Crippen molar-refractivity contribution in [1.82, 2.24) is 0 Å². The van der Waals surface area contributed by atoms with Crippen molar-refractivity contribution in [1.29, 1.82) is 0 Å². The van der Waals surface area contributed by atoms with Gasteiger partial charge in [-0.25, -0.2) is 4.57 Å². The highest BCUT2D eigenvalue weighted by atomic mass is 35.5. The van der Waals surface area contributed by atoms with Gasteiger partial charge in [0.25, 0.3) is 0 Å². The lowest BCUT2D eigenvalue weighted by Crippen LogP contribution is -2.35. The van der Waals surface area contributed by atoms with E-state index in [1.807, 2.05) is 0 Å². The quantitative estimate of drug-likeness (QED) is 0.531. The minimum absolute atomic E-state index is 0.0615. The summed E-state index contributed by atoms with van der Waals surface area (Å²) < 4.78 is 42.4. The number of hydrogen-bond acceptors (Lipinski definition) is 7. The fraction of sp³-hybridized carbons (Fsp3) is 0.429. The molecule has 2 fully saturated rings. The first-order chi connectivity index (χ1) is 14.7. The number of aliphatic hydroxyl groups is 1. The van der Waals surface area contributed by atoms with Gasteiger partial charge in [-0.1, -0.05) is 47.5 Å². The Morgan fingerprint density at radius 3 is 2.06 bits per heavy atom. The average Bonchev–Trinajstić information content (AvgIpc) is 3.16. The SMILES string of the molecule is CC1(C)O[C@H]2O[C@H](CCP(=O)(Oc3ccccc3Cl)Oc3ccccc3Cl)[C@@H](O)[C@H]2O1. The predicted octanol–water partition coefficient (Wildman–Crippen LogP) is 5.27. The average molecular weight is 489 g/mol. The highest BCUT2D eigenvalue weighted by Crippen LogP contribution is 2.52. The molecular weight excluding hydrogens is 466 g/mol. The van der Waals surface area contributed by atoms with E-state index in [4.69, 9.17) is 46.5 Å². The summed E-state index contributed by atoms with van der Waals surface area (Å²) in [5.41, 5.74) is 0. The topological polar surface area (TPSA) is 83.5 Å². The molecule has 0 saturated carbocycles. The first-order valence-corrected chi connectivity index (χ1v) is 12.3. The van der Waals surface area contributed by atoms with Gasteiger partial charge in [0, 0.05) is 0 Å². The highest BCUT2D eigenvalue weighted by molar-refractivity contribution is 7.54. The number of hydrogen-bond donors (Lipinski definition) is 1. The van der Waals surface area contributed by atoms with Gasteiger partial charge in [0.05, 0.1) is 22.3 Å². The maximum Gasteiger partial charge on any atom is 0.430 e. The fourth-order valence-corrected chi connectivity index (χ4v) is 5.69. The van der Waals surface area contributed by atoms with Crippen LogP contribution in [0.2, 0.25) is 10.0 Å². The van der Waals surface area contributed by atoms with Crippen molar-refractivity contribution in [3.05, 3.63) is 58.6 Å². The minimum atomic E-state index is -3.79. The Hall–Kier alpha value is -1.31. The summed E-state index contributed by atoms with van der Waals surface area (Å²) in [4.78, 5) is 0. The van der Waals surface area contributed by atoms with Gasteiger partial charge >= 0.3 is 7.60 Å². The Balaban J connectivity index is 1.50. The standard InChI is InChI=1S/C21H23Cl2O7P/c1-21(2)27-19-18(24)17(26-20(19)28-21)11-12-31(25,29-15-9-5-3-7-13(15)22)30-16-10-6-4-8-14(16)23/h3-10,17-20,24H,11-12H2,1-2H3/t17-,18-,19-,20-/m1/s1. The molecule has 1 N–H and O–H groups in total. The largest absolute Gasteiger partial charge is 0.430 e. The summed E-state index contributed by atoms with van der Waals surface area (Å²) in [5, 5.41) is 11.2. The van der Waals surface area contributed by atoms with E-state index in [1.54, 1.807) is 62.4 Å². The van der Waals surface area contributed by atoms with Crippen molar-refractivity contribution in [2.75, 3.05) is 6.16 Å². The molecule has 0 aromatic heterocycles. The molecule has 4 rings (SSSR count).